The highest BCUT2D eigenvalue weighted by Gasteiger charge is 2.13. The minimum absolute atomic E-state index is 0.386. The summed E-state index contributed by atoms with van der Waals surface area (Å²) in [6.45, 7) is 6.34. The van der Waals surface area contributed by atoms with Crippen LogP contribution in [0.4, 0.5) is 0 Å². The topological polar surface area (TPSA) is 9.23 Å². The zero-order chi connectivity index (χ0) is 9.61. The predicted octanol–water partition coefficient (Wildman–Crippen LogP) is 1.90. The highest BCUT2D eigenvalue weighted by atomic mass is 16.5. The van der Waals surface area contributed by atoms with Gasteiger partial charge in [0.25, 0.3) is 0 Å². The molecule has 0 N–H and O–H groups in total. The van der Waals surface area contributed by atoms with Crippen LogP contribution in [0.5, 0.6) is 0 Å². The lowest BCUT2D eigenvalue weighted by Crippen LogP contribution is -2.41. The van der Waals surface area contributed by atoms with E-state index in [0.29, 0.717) is 6.10 Å². The molecule has 0 aromatic heterocycles. The van der Waals surface area contributed by atoms with Crippen molar-refractivity contribution < 1.29 is 9.22 Å². The van der Waals surface area contributed by atoms with Crippen molar-refractivity contribution in [2.24, 2.45) is 0 Å². The molecule has 0 saturated carbocycles. The lowest BCUT2D eigenvalue weighted by molar-refractivity contribution is -0.873. The second kappa shape index (κ2) is 5.55. The Balaban J connectivity index is 3.40. The SMILES string of the molecule is CCCCOC(C)C[N+](C)(C)C. The van der Waals surface area contributed by atoms with E-state index in [-0.39, 0.29) is 0 Å². The van der Waals surface area contributed by atoms with Gasteiger partial charge in [-0.05, 0) is 13.3 Å². The number of unbranched alkanes of at least 4 members (excludes halogenated alkanes) is 1. The van der Waals surface area contributed by atoms with Gasteiger partial charge in [-0.3, -0.25) is 0 Å². The van der Waals surface area contributed by atoms with Crippen LogP contribution in [0.25, 0.3) is 0 Å². The fraction of sp³-hybridized carbons (Fsp3) is 1.00. The van der Waals surface area contributed by atoms with Crippen molar-refractivity contribution >= 4 is 0 Å². The summed E-state index contributed by atoms with van der Waals surface area (Å²) in [5, 5.41) is 0. The van der Waals surface area contributed by atoms with E-state index in [9.17, 15) is 0 Å². The Kier molecular flexibility index (Phi) is 5.51. The van der Waals surface area contributed by atoms with Crippen LogP contribution < -0.4 is 0 Å². The first-order valence-electron chi connectivity index (χ1n) is 4.87. The zero-order valence-corrected chi connectivity index (χ0v) is 9.26. The van der Waals surface area contributed by atoms with E-state index >= 15 is 0 Å². The van der Waals surface area contributed by atoms with Crippen molar-refractivity contribution in [2.75, 3.05) is 34.3 Å². The second-order valence-corrected chi connectivity index (χ2v) is 4.51. The van der Waals surface area contributed by atoms with E-state index in [1.807, 2.05) is 0 Å². The summed E-state index contributed by atoms with van der Waals surface area (Å²) in [5.41, 5.74) is 0. The standard InChI is InChI=1S/C10H24NO/c1-6-7-8-12-10(2)9-11(3,4)5/h10H,6-9H2,1-5H3/q+1. The van der Waals surface area contributed by atoms with Crippen molar-refractivity contribution in [1.82, 2.24) is 0 Å². The quantitative estimate of drug-likeness (QED) is 0.441. The molecule has 0 bridgehead atoms. The maximum absolute atomic E-state index is 5.64. The van der Waals surface area contributed by atoms with Crippen LogP contribution in [-0.4, -0.2) is 44.9 Å². The number of ether oxygens (including phenoxy) is 1. The molecule has 0 rings (SSSR count). The molecule has 0 fully saturated rings. The summed E-state index contributed by atoms with van der Waals surface area (Å²) in [7, 11) is 6.58. The van der Waals surface area contributed by atoms with Gasteiger partial charge in [0.1, 0.15) is 12.6 Å². The molecule has 1 unspecified atom stereocenters. The fourth-order valence-electron chi connectivity index (χ4n) is 1.25. The van der Waals surface area contributed by atoms with E-state index in [2.05, 4.69) is 35.0 Å². The Labute approximate surface area is 77.1 Å². The normalized spacial score (nSPS) is 14.8. The molecule has 0 aliphatic heterocycles. The summed E-state index contributed by atoms with van der Waals surface area (Å²) in [6.07, 6.45) is 2.79. The lowest BCUT2D eigenvalue weighted by Gasteiger charge is -2.27. The number of nitrogens with zero attached hydrogens (tertiary/aromatic N) is 1. The van der Waals surface area contributed by atoms with Gasteiger partial charge in [-0.25, -0.2) is 0 Å². The smallest absolute Gasteiger partial charge is 0.104 e. The van der Waals surface area contributed by atoms with Crippen LogP contribution in [0, 0.1) is 0 Å². The summed E-state index contributed by atoms with van der Waals surface area (Å²) >= 11 is 0. The molecule has 0 aromatic carbocycles. The number of likely N-dealkylation sites (N-methyl/N-ethyl adjacent to an activating group) is 1. The third-order valence-corrected chi connectivity index (χ3v) is 1.71. The number of quaternary nitrogens is 1. The van der Waals surface area contributed by atoms with Gasteiger partial charge in [-0.15, -0.1) is 0 Å². The van der Waals surface area contributed by atoms with Gasteiger partial charge in [0, 0.05) is 6.61 Å². The molecule has 0 spiro atoms. The van der Waals surface area contributed by atoms with Crippen LogP contribution in [0.2, 0.25) is 0 Å². The highest BCUT2D eigenvalue weighted by Crippen LogP contribution is 2.00. The van der Waals surface area contributed by atoms with Crippen LogP contribution in [-0.2, 0) is 4.74 Å². The van der Waals surface area contributed by atoms with Gasteiger partial charge >= 0.3 is 0 Å². The first-order chi connectivity index (χ1) is 5.45. The molecule has 2 nitrogen and oxygen atoms in total. The summed E-state index contributed by atoms with van der Waals surface area (Å²) in [4.78, 5) is 0. The first kappa shape index (κ1) is 11.9. The molecular weight excluding hydrogens is 150 g/mol. The molecule has 2 heteroatoms. The van der Waals surface area contributed by atoms with Gasteiger partial charge in [0.05, 0.1) is 21.1 Å². The van der Waals surface area contributed by atoms with Crippen molar-refractivity contribution in [3.8, 4) is 0 Å². The Morgan fingerprint density at radius 2 is 1.83 bits per heavy atom. The minimum atomic E-state index is 0.386. The molecule has 12 heavy (non-hydrogen) atoms. The fourth-order valence-corrected chi connectivity index (χ4v) is 1.25. The lowest BCUT2D eigenvalue weighted by atomic mass is 10.3. The van der Waals surface area contributed by atoms with Crippen molar-refractivity contribution in [1.29, 1.82) is 0 Å². The predicted molar refractivity (Wildman–Crippen MR) is 53.2 cm³/mol. The van der Waals surface area contributed by atoms with Gasteiger partial charge in [0.15, 0.2) is 0 Å². The number of hydrogen-bond acceptors (Lipinski definition) is 1. The molecule has 0 amide bonds. The van der Waals surface area contributed by atoms with Gasteiger partial charge in [-0.2, -0.15) is 0 Å². The van der Waals surface area contributed by atoms with Crippen LogP contribution in [0.1, 0.15) is 26.7 Å². The number of hydrogen-bond donors (Lipinski definition) is 0. The van der Waals surface area contributed by atoms with Crippen molar-refractivity contribution in [2.45, 2.75) is 32.8 Å². The zero-order valence-electron chi connectivity index (χ0n) is 9.26. The Bertz CT molecular complexity index is 107. The maximum atomic E-state index is 5.64. The monoisotopic (exact) mass is 174 g/mol. The summed E-state index contributed by atoms with van der Waals surface area (Å²) in [5.74, 6) is 0. The molecule has 74 valence electrons. The minimum Gasteiger partial charge on any atom is -0.373 e. The Morgan fingerprint density at radius 3 is 2.25 bits per heavy atom. The van der Waals surface area contributed by atoms with Crippen LogP contribution >= 0.6 is 0 Å². The van der Waals surface area contributed by atoms with Crippen molar-refractivity contribution in [3.05, 3.63) is 0 Å². The molecule has 0 heterocycles. The highest BCUT2D eigenvalue weighted by molar-refractivity contribution is 4.46. The molecule has 1 atom stereocenters. The van der Waals surface area contributed by atoms with E-state index in [1.54, 1.807) is 0 Å². The largest absolute Gasteiger partial charge is 0.373 e. The van der Waals surface area contributed by atoms with E-state index in [0.717, 1.165) is 17.6 Å². The van der Waals surface area contributed by atoms with Crippen LogP contribution in [0.3, 0.4) is 0 Å². The average molecular weight is 174 g/mol. The van der Waals surface area contributed by atoms with E-state index in [1.165, 1.54) is 12.8 Å². The third-order valence-electron chi connectivity index (χ3n) is 1.71. The van der Waals surface area contributed by atoms with E-state index in [4.69, 9.17) is 4.74 Å². The molecule has 0 saturated heterocycles. The van der Waals surface area contributed by atoms with Crippen molar-refractivity contribution in [3.63, 3.8) is 0 Å². The molecule has 0 aliphatic rings. The van der Waals surface area contributed by atoms with Crippen LogP contribution in [0.15, 0.2) is 0 Å². The Hall–Kier alpha value is -0.0800. The molecule has 0 aromatic rings. The molecule has 0 radical (unpaired) electrons. The summed E-state index contributed by atoms with van der Waals surface area (Å²) in [6, 6.07) is 0. The molecule has 0 aliphatic carbocycles. The first-order valence-corrected chi connectivity index (χ1v) is 4.87. The Morgan fingerprint density at radius 1 is 1.25 bits per heavy atom. The van der Waals surface area contributed by atoms with Gasteiger partial charge in [0.2, 0.25) is 0 Å². The molecular formula is C10H24NO+. The van der Waals surface area contributed by atoms with Gasteiger partial charge < -0.3 is 9.22 Å². The average Bonchev–Trinajstić information content (AvgIpc) is 1.84. The van der Waals surface area contributed by atoms with E-state index < -0.39 is 0 Å². The summed E-state index contributed by atoms with van der Waals surface area (Å²) < 4.78 is 6.62. The second-order valence-electron chi connectivity index (χ2n) is 4.51. The maximum Gasteiger partial charge on any atom is 0.104 e. The van der Waals surface area contributed by atoms with Gasteiger partial charge in [-0.1, -0.05) is 13.3 Å². The number of rotatable bonds is 6. The third kappa shape index (κ3) is 8.02.